The SMILES string of the molecule is CC(C)Cn1ncnc1CC(=O)C(CN)c1ccccc1. The van der Waals surface area contributed by atoms with Crippen LogP contribution in [0.4, 0.5) is 0 Å². The Balaban J connectivity index is 2.12. The summed E-state index contributed by atoms with van der Waals surface area (Å²) in [5, 5.41) is 4.19. The first-order chi connectivity index (χ1) is 10.1. The highest BCUT2D eigenvalue weighted by atomic mass is 16.1. The highest BCUT2D eigenvalue weighted by Crippen LogP contribution is 2.17. The fourth-order valence-corrected chi connectivity index (χ4v) is 2.34. The van der Waals surface area contributed by atoms with Crippen molar-refractivity contribution in [3.8, 4) is 0 Å². The largest absolute Gasteiger partial charge is 0.329 e. The van der Waals surface area contributed by atoms with Gasteiger partial charge in [0.1, 0.15) is 17.9 Å². The Bertz CT molecular complexity index is 577. The van der Waals surface area contributed by atoms with Gasteiger partial charge < -0.3 is 5.73 Å². The van der Waals surface area contributed by atoms with E-state index in [0.717, 1.165) is 12.1 Å². The second kappa shape index (κ2) is 7.13. The Morgan fingerprint density at radius 3 is 2.62 bits per heavy atom. The number of nitrogens with two attached hydrogens (primary N) is 1. The first-order valence-electron chi connectivity index (χ1n) is 7.26. The van der Waals surface area contributed by atoms with Crippen molar-refractivity contribution in [2.45, 2.75) is 32.7 Å². The summed E-state index contributed by atoms with van der Waals surface area (Å²) in [5.74, 6) is 0.972. The van der Waals surface area contributed by atoms with Gasteiger partial charge in [-0.25, -0.2) is 9.67 Å². The molecular weight excluding hydrogens is 264 g/mol. The number of ketones is 1. The van der Waals surface area contributed by atoms with Gasteiger partial charge in [-0.05, 0) is 11.5 Å². The Labute approximate surface area is 125 Å². The summed E-state index contributed by atoms with van der Waals surface area (Å²) in [6.07, 6.45) is 1.77. The minimum Gasteiger partial charge on any atom is -0.329 e. The molecule has 0 fully saturated rings. The third-order valence-electron chi connectivity index (χ3n) is 3.39. The van der Waals surface area contributed by atoms with Crippen molar-refractivity contribution in [2.75, 3.05) is 6.54 Å². The Morgan fingerprint density at radius 1 is 1.29 bits per heavy atom. The molecule has 1 aromatic heterocycles. The maximum Gasteiger partial charge on any atom is 0.149 e. The molecule has 0 aliphatic heterocycles. The molecule has 5 nitrogen and oxygen atoms in total. The highest BCUT2D eigenvalue weighted by Gasteiger charge is 2.21. The number of aromatic nitrogens is 3. The van der Waals surface area contributed by atoms with Crippen molar-refractivity contribution in [1.29, 1.82) is 0 Å². The molecule has 2 N–H and O–H groups in total. The monoisotopic (exact) mass is 286 g/mol. The first-order valence-corrected chi connectivity index (χ1v) is 7.26. The summed E-state index contributed by atoms with van der Waals surface area (Å²) in [6.45, 7) is 5.29. The molecule has 2 rings (SSSR count). The van der Waals surface area contributed by atoms with Gasteiger partial charge in [0.05, 0.1) is 12.3 Å². The summed E-state index contributed by atoms with van der Waals surface area (Å²) in [7, 11) is 0. The van der Waals surface area contributed by atoms with Crippen LogP contribution in [0.3, 0.4) is 0 Å². The topological polar surface area (TPSA) is 73.8 Å². The van der Waals surface area contributed by atoms with Gasteiger partial charge in [-0.3, -0.25) is 4.79 Å². The van der Waals surface area contributed by atoms with E-state index in [4.69, 9.17) is 5.73 Å². The van der Waals surface area contributed by atoms with E-state index in [2.05, 4.69) is 23.9 Å². The van der Waals surface area contributed by atoms with Gasteiger partial charge in [0, 0.05) is 13.1 Å². The number of Topliss-reactive ketones (excluding diaryl/α,β-unsaturated/α-hetero) is 1. The molecule has 0 aliphatic carbocycles. The third kappa shape index (κ3) is 3.98. The highest BCUT2D eigenvalue weighted by molar-refractivity contribution is 5.87. The van der Waals surface area contributed by atoms with Gasteiger partial charge in [0.25, 0.3) is 0 Å². The summed E-state index contributed by atoms with van der Waals surface area (Å²) in [6, 6.07) is 9.66. The smallest absolute Gasteiger partial charge is 0.149 e. The quantitative estimate of drug-likeness (QED) is 0.842. The zero-order valence-corrected chi connectivity index (χ0v) is 12.6. The molecule has 1 unspecified atom stereocenters. The molecule has 112 valence electrons. The first kappa shape index (κ1) is 15.4. The lowest BCUT2D eigenvalue weighted by molar-refractivity contribution is -0.119. The summed E-state index contributed by atoms with van der Waals surface area (Å²) >= 11 is 0. The van der Waals surface area contributed by atoms with Crippen LogP contribution in [0, 0.1) is 5.92 Å². The second-order valence-corrected chi connectivity index (χ2v) is 5.59. The predicted octanol–water partition coefficient (Wildman–Crippen LogP) is 1.79. The van der Waals surface area contributed by atoms with Gasteiger partial charge in [0.2, 0.25) is 0 Å². The van der Waals surface area contributed by atoms with Crippen LogP contribution < -0.4 is 5.73 Å². The Hall–Kier alpha value is -2.01. The zero-order valence-electron chi connectivity index (χ0n) is 12.6. The van der Waals surface area contributed by atoms with E-state index in [0.29, 0.717) is 18.3 Å². The summed E-state index contributed by atoms with van der Waals surface area (Å²) in [4.78, 5) is 16.7. The molecule has 0 spiro atoms. The standard InChI is InChI=1S/C16H22N4O/c1-12(2)10-20-16(18-11-19-20)8-15(21)14(9-17)13-6-4-3-5-7-13/h3-7,11-12,14H,8-10,17H2,1-2H3. The van der Waals surface area contributed by atoms with Gasteiger partial charge >= 0.3 is 0 Å². The lowest BCUT2D eigenvalue weighted by atomic mass is 9.93. The molecule has 0 radical (unpaired) electrons. The van der Waals surface area contributed by atoms with E-state index < -0.39 is 0 Å². The van der Waals surface area contributed by atoms with Crippen molar-refractivity contribution in [3.05, 3.63) is 48.0 Å². The average molecular weight is 286 g/mol. The normalized spacial score (nSPS) is 12.6. The van der Waals surface area contributed by atoms with Crippen molar-refractivity contribution < 1.29 is 4.79 Å². The number of hydrogen-bond donors (Lipinski definition) is 1. The van der Waals surface area contributed by atoms with Gasteiger partial charge in [-0.15, -0.1) is 0 Å². The van der Waals surface area contributed by atoms with E-state index >= 15 is 0 Å². The van der Waals surface area contributed by atoms with Crippen LogP contribution in [0.5, 0.6) is 0 Å². The number of rotatable bonds is 7. The van der Waals surface area contributed by atoms with Crippen LogP contribution in [-0.2, 0) is 17.8 Å². The van der Waals surface area contributed by atoms with Crippen molar-refractivity contribution in [3.63, 3.8) is 0 Å². The van der Waals surface area contributed by atoms with Gasteiger partial charge in [-0.1, -0.05) is 44.2 Å². The third-order valence-corrected chi connectivity index (χ3v) is 3.39. The number of benzene rings is 1. The summed E-state index contributed by atoms with van der Waals surface area (Å²) in [5.41, 5.74) is 6.75. The number of carbonyl (C=O) groups is 1. The number of nitrogens with zero attached hydrogens (tertiary/aromatic N) is 3. The van der Waals surface area contributed by atoms with Gasteiger partial charge in [0.15, 0.2) is 0 Å². The molecule has 21 heavy (non-hydrogen) atoms. The van der Waals surface area contributed by atoms with E-state index in [-0.39, 0.29) is 18.1 Å². The minimum absolute atomic E-state index is 0.0849. The van der Waals surface area contributed by atoms with Crippen LogP contribution >= 0.6 is 0 Å². The van der Waals surface area contributed by atoms with Crippen LogP contribution in [0.2, 0.25) is 0 Å². The Kier molecular flexibility index (Phi) is 5.22. The fourth-order valence-electron chi connectivity index (χ4n) is 2.34. The molecule has 0 saturated carbocycles. The molecule has 5 heteroatoms. The maximum atomic E-state index is 12.5. The Morgan fingerprint density at radius 2 is 2.00 bits per heavy atom. The van der Waals surface area contributed by atoms with E-state index in [1.807, 2.05) is 30.3 Å². The molecule has 1 atom stereocenters. The molecule has 0 bridgehead atoms. The predicted molar refractivity (Wildman–Crippen MR) is 81.8 cm³/mol. The van der Waals surface area contributed by atoms with Crippen LogP contribution in [0.25, 0.3) is 0 Å². The molecule has 0 amide bonds. The van der Waals surface area contributed by atoms with E-state index in [1.165, 1.54) is 6.33 Å². The fraction of sp³-hybridized carbons (Fsp3) is 0.438. The number of hydrogen-bond acceptors (Lipinski definition) is 4. The maximum absolute atomic E-state index is 12.5. The van der Waals surface area contributed by atoms with E-state index in [9.17, 15) is 4.79 Å². The van der Waals surface area contributed by atoms with Crippen LogP contribution in [0.1, 0.15) is 31.2 Å². The second-order valence-electron chi connectivity index (χ2n) is 5.59. The lowest BCUT2D eigenvalue weighted by Gasteiger charge is -2.14. The van der Waals surface area contributed by atoms with Crippen LogP contribution in [-0.4, -0.2) is 27.1 Å². The lowest BCUT2D eigenvalue weighted by Crippen LogP contribution is -2.25. The molecule has 0 saturated heterocycles. The molecule has 1 aromatic carbocycles. The average Bonchev–Trinajstić information content (AvgIpc) is 2.87. The van der Waals surface area contributed by atoms with Crippen molar-refractivity contribution >= 4 is 5.78 Å². The van der Waals surface area contributed by atoms with Crippen molar-refractivity contribution in [1.82, 2.24) is 14.8 Å². The summed E-state index contributed by atoms with van der Waals surface area (Å²) < 4.78 is 1.81. The van der Waals surface area contributed by atoms with Gasteiger partial charge in [-0.2, -0.15) is 5.10 Å². The molecule has 1 heterocycles. The molecule has 2 aromatic rings. The van der Waals surface area contributed by atoms with Crippen molar-refractivity contribution in [2.24, 2.45) is 11.7 Å². The van der Waals surface area contributed by atoms with E-state index in [1.54, 1.807) is 4.68 Å². The van der Waals surface area contributed by atoms with Crippen LogP contribution in [0.15, 0.2) is 36.7 Å². The number of carbonyl (C=O) groups excluding carboxylic acids is 1. The molecular formula is C16H22N4O. The zero-order chi connectivity index (χ0) is 15.2. The minimum atomic E-state index is -0.282. The molecule has 0 aliphatic rings.